The molecule has 2 nitrogen and oxygen atoms in total. The molecule has 108 valence electrons. The Balaban J connectivity index is 2.46. The van der Waals surface area contributed by atoms with Gasteiger partial charge < -0.3 is 5.32 Å². The van der Waals surface area contributed by atoms with E-state index in [4.69, 9.17) is 0 Å². The van der Waals surface area contributed by atoms with Crippen molar-refractivity contribution in [1.29, 1.82) is 0 Å². The monoisotopic (exact) mass is 254 g/mol. The standard InChI is InChI=1S/C16H34N2/c1-5-12-17-16(14(3)4)13-18(6-2)15-10-8-7-9-11-15/h14-17H,5-13H2,1-4H3. The summed E-state index contributed by atoms with van der Waals surface area (Å²) in [6.45, 7) is 12.9. The summed E-state index contributed by atoms with van der Waals surface area (Å²) in [7, 11) is 0. The van der Waals surface area contributed by atoms with Crippen LogP contribution in [0.5, 0.6) is 0 Å². The fraction of sp³-hybridized carbons (Fsp3) is 1.00. The van der Waals surface area contributed by atoms with Crippen LogP contribution in [-0.4, -0.2) is 36.6 Å². The quantitative estimate of drug-likeness (QED) is 0.711. The topological polar surface area (TPSA) is 15.3 Å². The summed E-state index contributed by atoms with van der Waals surface area (Å²) in [5.74, 6) is 0.731. The molecule has 1 atom stereocenters. The molecule has 0 saturated heterocycles. The summed E-state index contributed by atoms with van der Waals surface area (Å²) in [6, 6.07) is 1.51. The molecule has 1 aliphatic rings. The van der Waals surface area contributed by atoms with Crippen molar-refractivity contribution in [2.24, 2.45) is 5.92 Å². The molecule has 0 amide bonds. The maximum Gasteiger partial charge on any atom is 0.0218 e. The van der Waals surface area contributed by atoms with Gasteiger partial charge in [-0.3, -0.25) is 4.90 Å². The third-order valence-electron chi connectivity index (χ3n) is 4.39. The Morgan fingerprint density at radius 2 is 1.78 bits per heavy atom. The summed E-state index contributed by atoms with van der Waals surface area (Å²) >= 11 is 0. The van der Waals surface area contributed by atoms with E-state index in [1.165, 1.54) is 51.6 Å². The predicted molar refractivity (Wildman–Crippen MR) is 81.0 cm³/mol. The number of nitrogens with one attached hydrogen (secondary N) is 1. The van der Waals surface area contributed by atoms with Gasteiger partial charge in [0.25, 0.3) is 0 Å². The minimum Gasteiger partial charge on any atom is -0.312 e. The molecule has 1 unspecified atom stereocenters. The van der Waals surface area contributed by atoms with Crippen LogP contribution in [-0.2, 0) is 0 Å². The van der Waals surface area contributed by atoms with Crippen molar-refractivity contribution in [2.45, 2.75) is 78.3 Å². The molecule has 0 aromatic carbocycles. The van der Waals surface area contributed by atoms with E-state index in [1.807, 2.05) is 0 Å². The molecule has 0 spiro atoms. The highest BCUT2D eigenvalue weighted by atomic mass is 15.2. The molecule has 1 fully saturated rings. The Hall–Kier alpha value is -0.0800. The van der Waals surface area contributed by atoms with Gasteiger partial charge in [-0.1, -0.05) is 47.0 Å². The van der Waals surface area contributed by atoms with E-state index in [1.54, 1.807) is 0 Å². The number of nitrogens with zero attached hydrogens (tertiary/aromatic N) is 1. The van der Waals surface area contributed by atoms with Crippen molar-refractivity contribution in [3.8, 4) is 0 Å². The first-order chi connectivity index (χ1) is 8.69. The van der Waals surface area contributed by atoms with Gasteiger partial charge in [-0.15, -0.1) is 0 Å². The minimum absolute atomic E-state index is 0.659. The Morgan fingerprint density at radius 1 is 1.11 bits per heavy atom. The van der Waals surface area contributed by atoms with Gasteiger partial charge in [0.05, 0.1) is 0 Å². The van der Waals surface area contributed by atoms with Crippen molar-refractivity contribution in [1.82, 2.24) is 10.2 Å². The second-order valence-corrected chi connectivity index (χ2v) is 6.18. The van der Waals surface area contributed by atoms with Crippen LogP contribution in [0.3, 0.4) is 0 Å². The molecule has 1 aliphatic carbocycles. The Labute approximate surface area is 115 Å². The highest BCUT2D eigenvalue weighted by Crippen LogP contribution is 2.23. The second kappa shape index (κ2) is 8.92. The van der Waals surface area contributed by atoms with E-state index in [-0.39, 0.29) is 0 Å². The molecule has 0 bridgehead atoms. The van der Waals surface area contributed by atoms with Gasteiger partial charge in [0, 0.05) is 18.6 Å². The summed E-state index contributed by atoms with van der Waals surface area (Å²) in [5.41, 5.74) is 0. The first-order valence-corrected chi connectivity index (χ1v) is 8.16. The number of hydrogen-bond acceptors (Lipinski definition) is 2. The molecular weight excluding hydrogens is 220 g/mol. The van der Waals surface area contributed by atoms with E-state index < -0.39 is 0 Å². The van der Waals surface area contributed by atoms with Crippen molar-refractivity contribution in [2.75, 3.05) is 19.6 Å². The maximum atomic E-state index is 3.73. The third-order valence-corrected chi connectivity index (χ3v) is 4.39. The van der Waals surface area contributed by atoms with Crippen LogP contribution in [0.1, 0.15) is 66.2 Å². The van der Waals surface area contributed by atoms with Gasteiger partial charge in [0.15, 0.2) is 0 Å². The summed E-state index contributed by atoms with van der Waals surface area (Å²) < 4.78 is 0. The van der Waals surface area contributed by atoms with Crippen molar-refractivity contribution >= 4 is 0 Å². The lowest BCUT2D eigenvalue weighted by Crippen LogP contribution is -2.48. The Morgan fingerprint density at radius 3 is 2.28 bits per heavy atom. The van der Waals surface area contributed by atoms with Gasteiger partial charge in [-0.05, 0) is 38.3 Å². The zero-order valence-electron chi connectivity index (χ0n) is 13.0. The Kier molecular flexibility index (Phi) is 7.92. The van der Waals surface area contributed by atoms with Crippen LogP contribution in [0.25, 0.3) is 0 Å². The molecule has 1 rings (SSSR count). The fourth-order valence-corrected chi connectivity index (χ4v) is 3.08. The smallest absolute Gasteiger partial charge is 0.0218 e. The van der Waals surface area contributed by atoms with Crippen LogP contribution in [0.2, 0.25) is 0 Å². The summed E-state index contributed by atoms with van der Waals surface area (Å²) in [6.07, 6.45) is 8.42. The predicted octanol–water partition coefficient (Wildman–Crippen LogP) is 3.67. The van der Waals surface area contributed by atoms with E-state index in [0.29, 0.717) is 6.04 Å². The second-order valence-electron chi connectivity index (χ2n) is 6.18. The van der Waals surface area contributed by atoms with Gasteiger partial charge in [0.1, 0.15) is 0 Å². The van der Waals surface area contributed by atoms with Crippen LogP contribution < -0.4 is 5.32 Å². The molecule has 18 heavy (non-hydrogen) atoms. The lowest BCUT2D eigenvalue weighted by Gasteiger charge is -2.37. The minimum atomic E-state index is 0.659. The van der Waals surface area contributed by atoms with E-state index in [2.05, 4.69) is 37.9 Å². The first-order valence-electron chi connectivity index (χ1n) is 8.16. The number of hydrogen-bond donors (Lipinski definition) is 1. The molecule has 0 aromatic heterocycles. The van der Waals surface area contributed by atoms with E-state index in [9.17, 15) is 0 Å². The van der Waals surface area contributed by atoms with Gasteiger partial charge in [-0.2, -0.15) is 0 Å². The van der Waals surface area contributed by atoms with Crippen molar-refractivity contribution in [3.05, 3.63) is 0 Å². The fourth-order valence-electron chi connectivity index (χ4n) is 3.08. The van der Waals surface area contributed by atoms with Crippen LogP contribution in [0.4, 0.5) is 0 Å². The lowest BCUT2D eigenvalue weighted by atomic mass is 9.93. The highest BCUT2D eigenvalue weighted by molar-refractivity contribution is 4.81. The van der Waals surface area contributed by atoms with Crippen molar-refractivity contribution < 1.29 is 0 Å². The Bertz CT molecular complexity index is 197. The largest absolute Gasteiger partial charge is 0.312 e. The van der Waals surface area contributed by atoms with Gasteiger partial charge >= 0.3 is 0 Å². The molecule has 1 saturated carbocycles. The summed E-state index contributed by atoms with van der Waals surface area (Å²) in [4.78, 5) is 2.73. The highest BCUT2D eigenvalue weighted by Gasteiger charge is 2.23. The van der Waals surface area contributed by atoms with E-state index >= 15 is 0 Å². The summed E-state index contributed by atoms with van der Waals surface area (Å²) in [5, 5.41) is 3.73. The van der Waals surface area contributed by atoms with Crippen molar-refractivity contribution in [3.63, 3.8) is 0 Å². The molecule has 0 aliphatic heterocycles. The number of rotatable bonds is 8. The zero-order chi connectivity index (χ0) is 13.4. The maximum absolute atomic E-state index is 3.73. The van der Waals surface area contributed by atoms with E-state index in [0.717, 1.165) is 18.5 Å². The molecule has 1 N–H and O–H groups in total. The normalized spacial score (nSPS) is 19.7. The average molecular weight is 254 g/mol. The van der Waals surface area contributed by atoms with Gasteiger partial charge in [0.2, 0.25) is 0 Å². The van der Waals surface area contributed by atoms with Crippen LogP contribution in [0.15, 0.2) is 0 Å². The lowest BCUT2D eigenvalue weighted by molar-refractivity contribution is 0.137. The molecule has 0 heterocycles. The molecule has 0 aromatic rings. The molecule has 2 heteroatoms. The van der Waals surface area contributed by atoms with Gasteiger partial charge in [-0.25, -0.2) is 0 Å². The SMILES string of the molecule is CCCNC(CN(CC)C1CCCCC1)C(C)C. The zero-order valence-corrected chi connectivity index (χ0v) is 13.0. The third kappa shape index (κ3) is 5.27. The van der Waals surface area contributed by atoms with Crippen LogP contribution >= 0.6 is 0 Å². The number of likely N-dealkylation sites (N-methyl/N-ethyl adjacent to an activating group) is 1. The molecular formula is C16H34N2. The first kappa shape index (κ1) is 16.0. The van der Waals surface area contributed by atoms with Crippen LogP contribution in [0, 0.1) is 5.92 Å². The molecule has 0 radical (unpaired) electrons. The average Bonchev–Trinajstić information content (AvgIpc) is 2.39.